The van der Waals surface area contributed by atoms with Gasteiger partial charge in [0.25, 0.3) is 0 Å². The minimum absolute atomic E-state index is 0.00104. The van der Waals surface area contributed by atoms with Crippen molar-refractivity contribution in [2.24, 2.45) is 5.41 Å². The van der Waals surface area contributed by atoms with E-state index in [0.29, 0.717) is 0 Å². The highest BCUT2D eigenvalue weighted by Gasteiger charge is 2.28. The Morgan fingerprint density at radius 2 is 1.85 bits per heavy atom. The van der Waals surface area contributed by atoms with Gasteiger partial charge in [-0.2, -0.15) is 0 Å². The first kappa shape index (κ1) is 12.2. The molecule has 0 aliphatic carbocycles. The second kappa shape index (κ2) is 3.95. The van der Waals surface area contributed by atoms with Gasteiger partial charge in [-0.3, -0.25) is 4.79 Å². The zero-order valence-corrected chi connectivity index (χ0v) is 9.31. The molecule has 0 saturated carbocycles. The average Bonchev–Trinajstić information content (AvgIpc) is 1.81. The van der Waals surface area contributed by atoms with E-state index in [1.165, 1.54) is 6.92 Å². The van der Waals surface area contributed by atoms with Crippen molar-refractivity contribution >= 4 is 5.97 Å². The van der Waals surface area contributed by atoms with E-state index in [1.807, 2.05) is 19.9 Å². The van der Waals surface area contributed by atoms with Crippen LogP contribution in [0.2, 0.25) is 0 Å². The highest BCUT2D eigenvalue weighted by atomic mass is 16.6. The Labute approximate surface area is 81.0 Å². The topological polar surface area (TPSA) is 26.3 Å². The van der Waals surface area contributed by atoms with E-state index in [-0.39, 0.29) is 11.4 Å². The molecule has 0 atom stereocenters. The smallest absolute Gasteiger partial charge is 0.303 e. The van der Waals surface area contributed by atoms with Gasteiger partial charge in [0.15, 0.2) is 0 Å². The third-order valence-corrected chi connectivity index (χ3v) is 1.85. The maximum atomic E-state index is 10.8. The number of carbonyl (C=O) groups is 1. The molecule has 0 rings (SSSR count). The van der Waals surface area contributed by atoms with Crippen LogP contribution in [-0.4, -0.2) is 11.6 Å². The molecular formula is C11H20O2. The van der Waals surface area contributed by atoms with Gasteiger partial charge in [-0.05, 0) is 25.7 Å². The molecule has 2 heteroatoms. The van der Waals surface area contributed by atoms with Crippen molar-refractivity contribution in [1.29, 1.82) is 0 Å². The SMILES string of the molecule is C=CC(C)(C)CC(C)(C)OC(C)=O. The van der Waals surface area contributed by atoms with Crippen molar-refractivity contribution in [3.05, 3.63) is 12.7 Å². The summed E-state index contributed by atoms with van der Waals surface area (Å²) >= 11 is 0. The zero-order valence-electron chi connectivity index (χ0n) is 9.31. The molecule has 0 radical (unpaired) electrons. The van der Waals surface area contributed by atoms with Gasteiger partial charge in [-0.15, -0.1) is 6.58 Å². The first-order chi connectivity index (χ1) is 5.68. The molecule has 0 bridgehead atoms. The minimum Gasteiger partial charge on any atom is -0.460 e. The number of ether oxygens (including phenoxy) is 1. The van der Waals surface area contributed by atoms with Gasteiger partial charge in [0.1, 0.15) is 5.60 Å². The maximum absolute atomic E-state index is 10.8. The van der Waals surface area contributed by atoms with Crippen molar-refractivity contribution in [2.45, 2.75) is 46.6 Å². The van der Waals surface area contributed by atoms with Gasteiger partial charge in [-0.25, -0.2) is 0 Å². The van der Waals surface area contributed by atoms with Gasteiger partial charge in [0.05, 0.1) is 0 Å². The van der Waals surface area contributed by atoms with Crippen LogP contribution in [0.4, 0.5) is 0 Å². The van der Waals surface area contributed by atoms with Crippen molar-refractivity contribution in [3.63, 3.8) is 0 Å². The van der Waals surface area contributed by atoms with Crippen LogP contribution in [0, 0.1) is 5.41 Å². The van der Waals surface area contributed by atoms with E-state index < -0.39 is 5.60 Å². The summed E-state index contributed by atoms with van der Waals surface area (Å²) in [4.78, 5) is 10.8. The van der Waals surface area contributed by atoms with Crippen LogP contribution < -0.4 is 0 Å². The number of rotatable bonds is 4. The molecule has 0 aromatic carbocycles. The molecule has 0 unspecified atom stereocenters. The maximum Gasteiger partial charge on any atom is 0.303 e. The molecule has 13 heavy (non-hydrogen) atoms. The third-order valence-electron chi connectivity index (χ3n) is 1.85. The number of esters is 1. The first-order valence-corrected chi connectivity index (χ1v) is 4.52. The van der Waals surface area contributed by atoms with E-state index in [1.54, 1.807) is 0 Å². The molecule has 0 aromatic rings. The molecule has 2 nitrogen and oxygen atoms in total. The van der Waals surface area contributed by atoms with Crippen LogP contribution in [0.15, 0.2) is 12.7 Å². The number of allylic oxidation sites excluding steroid dienone is 1. The fourth-order valence-corrected chi connectivity index (χ4v) is 1.59. The largest absolute Gasteiger partial charge is 0.460 e. The standard InChI is InChI=1S/C11H20O2/c1-7-10(3,4)8-11(5,6)13-9(2)12/h7H,1,8H2,2-6H3. The summed E-state index contributed by atoms with van der Waals surface area (Å²) in [5, 5.41) is 0. The lowest BCUT2D eigenvalue weighted by Crippen LogP contribution is -2.32. The summed E-state index contributed by atoms with van der Waals surface area (Å²) in [5.74, 6) is -0.232. The van der Waals surface area contributed by atoms with Crippen LogP contribution in [0.5, 0.6) is 0 Å². The molecule has 0 aromatic heterocycles. The molecule has 0 fully saturated rings. The molecule has 0 amide bonds. The molecule has 0 aliphatic rings. The Morgan fingerprint density at radius 1 is 1.38 bits per heavy atom. The monoisotopic (exact) mass is 184 g/mol. The Kier molecular flexibility index (Phi) is 3.71. The molecule has 76 valence electrons. The van der Waals surface area contributed by atoms with Crippen LogP contribution >= 0.6 is 0 Å². The molecule has 0 N–H and O–H groups in total. The van der Waals surface area contributed by atoms with Crippen LogP contribution in [0.25, 0.3) is 0 Å². The van der Waals surface area contributed by atoms with Gasteiger partial charge >= 0.3 is 5.97 Å². The number of hydrogen-bond donors (Lipinski definition) is 0. The fourth-order valence-electron chi connectivity index (χ4n) is 1.59. The highest BCUT2D eigenvalue weighted by Crippen LogP contribution is 2.30. The summed E-state index contributed by atoms with van der Waals surface area (Å²) in [6.45, 7) is 13.2. The Balaban J connectivity index is 4.32. The first-order valence-electron chi connectivity index (χ1n) is 4.52. The predicted octanol–water partition coefficient (Wildman–Crippen LogP) is 2.93. The van der Waals surface area contributed by atoms with Crippen molar-refractivity contribution < 1.29 is 9.53 Å². The van der Waals surface area contributed by atoms with Crippen LogP contribution in [0.1, 0.15) is 41.0 Å². The summed E-state index contributed by atoms with van der Waals surface area (Å²) < 4.78 is 5.19. The summed E-state index contributed by atoms with van der Waals surface area (Å²) in [5.41, 5.74) is -0.414. The van der Waals surface area contributed by atoms with Crippen molar-refractivity contribution in [2.75, 3.05) is 0 Å². The zero-order chi connectivity index (χ0) is 10.7. The lowest BCUT2D eigenvalue weighted by atomic mass is 9.82. The second-order valence-electron chi connectivity index (χ2n) is 4.72. The van der Waals surface area contributed by atoms with E-state index in [9.17, 15) is 4.79 Å². The summed E-state index contributed by atoms with van der Waals surface area (Å²) in [6.07, 6.45) is 2.67. The molecule has 0 saturated heterocycles. The van der Waals surface area contributed by atoms with E-state index in [4.69, 9.17) is 4.74 Å². The Hall–Kier alpha value is -0.790. The molecule has 0 aliphatic heterocycles. The second-order valence-corrected chi connectivity index (χ2v) is 4.72. The van der Waals surface area contributed by atoms with Crippen LogP contribution in [0.3, 0.4) is 0 Å². The Bertz CT molecular complexity index is 202. The Morgan fingerprint density at radius 3 is 2.15 bits per heavy atom. The molecule has 0 heterocycles. The third kappa shape index (κ3) is 5.45. The van der Waals surface area contributed by atoms with Gasteiger partial charge < -0.3 is 4.74 Å². The minimum atomic E-state index is -0.413. The van der Waals surface area contributed by atoms with Crippen molar-refractivity contribution in [3.8, 4) is 0 Å². The normalized spacial score (nSPS) is 12.4. The fraction of sp³-hybridized carbons (Fsp3) is 0.727. The lowest BCUT2D eigenvalue weighted by molar-refractivity contribution is -0.155. The number of hydrogen-bond acceptors (Lipinski definition) is 2. The average molecular weight is 184 g/mol. The summed E-state index contributed by atoms with van der Waals surface area (Å²) in [7, 11) is 0. The van der Waals surface area contributed by atoms with Gasteiger partial charge in [0, 0.05) is 6.92 Å². The summed E-state index contributed by atoms with van der Waals surface area (Å²) in [6, 6.07) is 0. The lowest BCUT2D eigenvalue weighted by Gasteiger charge is -2.32. The van der Waals surface area contributed by atoms with Gasteiger partial charge in [0.2, 0.25) is 0 Å². The van der Waals surface area contributed by atoms with E-state index >= 15 is 0 Å². The number of carbonyl (C=O) groups excluding carboxylic acids is 1. The van der Waals surface area contributed by atoms with E-state index in [0.717, 1.165) is 6.42 Å². The highest BCUT2D eigenvalue weighted by molar-refractivity contribution is 5.66. The molecular weight excluding hydrogens is 164 g/mol. The van der Waals surface area contributed by atoms with E-state index in [2.05, 4.69) is 20.4 Å². The predicted molar refractivity (Wildman–Crippen MR) is 54.4 cm³/mol. The van der Waals surface area contributed by atoms with Gasteiger partial charge in [-0.1, -0.05) is 19.9 Å². The molecule has 0 spiro atoms. The van der Waals surface area contributed by atoms with Crippen molar-refractivity contribution in [1.82, 2.24) is 0 Å². The quantitative estimate of drug-likeness (QED) is 0.496. The van der Waals surface area contributed by atoms with Crippen LogP contribution in [-0.2, 0) is 9.53 Å².